The zero-order valence-electron chi connectivity index (χ0n) is 15.0. The lowest BCUT2D eigenvalue weighted by molar-refractivity contribution is 0.354. The van der Waals surface area contributed by atoms with Crippen molar-refractivity contribution < 1.29 is 18.9 Å². The average molecular weight is 366 g/mol. The van der Waals surface area contributed by atoms with Gasteiger partial charge in [0.05, 0.1) is 33.5 Å². The molecule has 0 aromatic heterocycles. The lowest BCUT2D eigenvalue weighted by Crippen LogP contribution is -2.16. The van der Waals surface area contributed by atoms with Crippen molar-refractivity contribution in [1.29, 1.82) is 0 Å². The number of rotatable bonds is 9. The molecule has 0 amide bonds. The van der Waals surface area contributed by atoms with Crippen molar-refractivity contribution in [2.45, 2.75) is 13.0 Å². The molecule has 0 aliphatic heterocycles. The van der Waals surface area contributed by atoms with Gasteiger partial charge in [-0.2, -0.15) is 0 Å². The van der Waals surface area contributed by atoms with E-state index in [1.165, 1.54) is 5.56 Å². The first kappa shape index (κ1) is 19.2. The van der Waals surface area contributed by atoms with E-state index in [1.54, 1.807) is 28.4 Å². The van der Waals surface area contributed by atoms with Gasteiger partial charge in [-0.1, -0.05) is 17.7 Å². The molecule has 136 valence electrons. The van der Waals surface area contributed by atoms with E-state index in [9.17, 15) is 0 Å². The number of hydrogen-bond donors (Lipinski definition) is 1. The third kappa shape index (κ3) is 4.94. The number of ether oxygens (including phenoxy) is 4. The van der Waals surface area contributed by atoms with Crippen LogP contribution in [-0.4, -0.2) is 35.0 Å². The maximum absolute atomic E-state index is 6.23. The van der Waals surface area contributed by atoms with Gasteiger partial charge < -0.3 is 24.3 Å². The number of hydrogen-bond acceptors (Lipinski definition) is 5. The van der Waals surface area contributed by atoms with E-state index in [0.717, 1.165) is 30.0 Å². The molecule has 6 heteroatoms. The van der Waals surface area contributed by atoms with Crippen molar-refractivity contribution in [2.75, 3.05) is 35.0 Å². The Balaban J connectivity index is 1.92. The van der Waals surface area contributed by atoms with Gasteiger partial charge in [0.15, 0.2) is 23.0 Å². The summed E-state index contributed by atoms with van der Waals surface area (Å²) in [6.07, 6.45) is 0.876. The summed E-state index contributed by atoms with van der Waals surface area (Å²) in [5, 5.41) is 3.95. The first-order valence-electron chi connectivity index (χ1n) is 7.95. The van der Waals surface area contributed by atoms with Crippen molar-refractivity contribution in [3.05, 3.63) is 46.5 Å². The van der Waals surface area contributed by atoms with Crippen LogP contribution in [-0.2, 0) is 13.0 Å². The van der Waals surface area contributed by atoms with E-state index in [0.29, 0.717) is 23.1 Å². The molecule has 0 saturated carbocycles. The van der Waals surface area contributed by atoms with Gasteiger partial charge >= 0.3 is 0 Å². The van der Waals surface area contributed by atoms with Gasteiger partial charge in [0, 0.05) is 6.54 Å². The summed E-state index contributed by atoms with van der Waals surface area (Å²) in [5.74, 6) is 2.66. The van der Waals surface area contributed by atoms with E-state index in [-0.39, 0.29) is 0 Å². The summed E-state index contributed by atoms with van der Waals surface area (Å²) in [5.41, 5.74) is 2.21. The highest BCUT2D eigenvalue weighted by atomic mass is 35.5. The van der Waals surface area contributed by atoms with Crippen LogP contribution >= 0.6 is 11.6 Å². The second kappa shape index (κ2) is 9.39. The molecule has 2 aromatic carbocycles. The maximum atomic E-state index is 6.23. The van der Waals surface area contributed by atoms with Crippen LogP contribution in [0.3, 0.4) is 0 Å². The molecule has 0 atom stereocenters. The molecule has 25 heavy (non-hydrogen) atoms. The van der Waals surface area contributed by atoms with Crippen LogP contribution in [0, 0.1) is 0 Å². The lowest BCUT2D eigenvalue weighted by Gasteiger charge is -2.13. The SMILES string of the molecule is COc1ccc(CCNCc2cc(Cl)c(OC)c(OC)c2)cc1OC. The molecule has 2 rings (SSSR count). The Bertz CT molecular complexity index is 706. The smallest absolute Gasteiger partial charge is 0.179 e. The molecule has 5 nitrogen and oxygen atoms in total. The number of benzene rings is 2. The second-order valence-electron chi connectivity index (χ2n) is 5.43. The quantitative estimate of drug-likeness (QED) is 0.686. The summed E-state index contributed by atoms with van der Waals surface area (Å²) < 4.78 is 21.1. The number of methoxy groups -OCH3 is 4. The van der Waals surface area contributed by atoms with Gasteiger partial charge in [-0.3, -0.25) is 0 Å². The Morgan fingerprint density at radius 1 is 0.800 bits per heavy atom. The summed E-state index contributed by atoms with van der Waals surface area (Å²) in [7, 11) is 6.45. The Morgan fingerprint density at radius 3 is 2.12 bits per heavy atom. The highest BCUT2D eigenvalue weighted by Gasteiger charge is 2.10. The van der Waals surface area contributed by atoms with Crippen molar-refractivity contribution in [3.63, 3.8) is 0 Å². The maximum Gasteiger partial charge on any atom is 0.179 e. The van der Waals surface area contributed by atoms with E-state index < -0.39 is 0 Å². The molecule has 0 fully saturated rings. The molecule has 0 unspecified atom stereocenters. The van der Waals surface area contributed by atoms with Gasteiger partial charge in [0.25, 0.3) is 0 Å². The minimum atomic E-state index is 0.540. The van der Waals surface area contributed by atoms with Crippen molar-refractivity contribution in [1.82, 2.24) is 5.32 Å². The highest BCUT2D eigenvalue weighted by Crippen LogP contribution is 2.36. The fourth-order valence-corrected chi connectivity index (χ4v) is 2.89. The molecule has 0 aliphatic carbocycles. The normalized spacial score (nSPS) is 10.4. The van der Waals surface area contributed by atoms with Crippen LogP contribution in [0.4, 0.5) is 0 Å². The predicted octanol–water partition coefficient (Wildman–Crippen LogP) is 3.71. The van der Waals surface area contributed by atoms with Gasteiger partial charge in [0.1, 0.15) is 0 Å². The molecule has 0 aliphatic rings. The zero-order valence-corrected chi connectivity index (χ0v) is 15.8. The summed E-state index contributed by atoms with van der Waals surface area (Å²) in [6.45, 7) is 1.51. The van der Waals surface area contributed by atoms with Crippen LogP contribution in [0.5, 0.6) is 23.0 Å². The van der Waals surface area contributed by atoms with Gasteiger partial charge in [0.2, 0.25) is 0 Å². The van der Waals surface area contributed by atoms with E-state index in [4.69, 9.17) is 30.5 Å². The van der Waals surface area contributed by atoms with E-state index >= 15 is 0 Å². The van der Waals surface area contributed by atoms with Crippen molar-refractivity contribution in [3.8, 4) is 23.0 Å². The van der Waals surface area contributed by atoms with Crippen LogP contribution < -0.4 is 24.3 Å². The Kier molecular flexibility index (Phi) is 7.22. The number of halogens is 1. The highest BCUT2D eigenvalue weighted by molar-refractivity contribution is 6.32. The van der Waals surface area contributed by atoms with Crippen molar-refractivity contribution in [2.24, 2.45) is 0 Å². The summed E-state index contributed by atoms with van der Waals surface area (Å²) >= 11 is 6.23. The van der Waals surface area contributed by atoms with Gasteiger partial charge in [-0.05, 0) is 48.4 Å². The molecular weight excluding hydrogens is 342 g/mol. The first-order valence-corrected chi connectivity index (χ1v) is 8.32. The topological polar surface area (TPSA) is 49.0 Å². The van der Waals surface area contributed by atoms with Crippen LogP contribution in [0.1, 0.15) is 11.1 Å². The molecule has 0 heterocycles. The van der Waals surface area contributed by atoms with Crippen molar-refractivity contribution >= 4 is 11.6 Å². The molecule has 0 spiro atoms. The zero-order chi connectivity index (χ0) is 18.2. The Morgan fingerprint density at radius 2 is 1.48 bits per heavy atom. The lowest BCUT2D eigenvalue weighted by atomic mass is 10.1. The largest absolute Gasteiger partial charge is 0.493 e. The predicted molar refractivity (Wildman–Crippen MR) is 99.5 cm³/mol. The molecule has 1 N–H and O–H groups in total. The fourth-order valence-electron chi connectivity index (χ4n) is 2.57. The number of nitrogens with one attached hydrogen (secondary N) is 1. The Labute approximate surface area is 153 Å². The third-order valence-corrected chi connectivity index (χ3v) is 4.14. The average Bonchev–Trinajstić information content (AvgIpc) is 2.64. The molecular formula is C19H24ClNO4. The standard InChI is InChI=1S/C19H24ClNO4/c1-22-16-6-5-13(10-17(16)23-2)7-8-21-12-14-9-15(20)19(25-4)18(11-14)24-3/h5-6,9-11,21H,7-8,12H2,1-4H3. The van der Waals surface area contributed by atoms with Gasteiger partial charge in [-0.15, -0.1) is 0 Å². The van der Waals surface area contributed by atoms with E-state index in [2.05, 4.69) is 5.32 Å². The third-order valence-electron chi connectivity index (χ3n) is 3.86. The molecule has 0 radical (unpaired) electrons. The summed E-state index contributed by atoms with van der Waals surface area (Å²) in [6, 6.07) is 9.76. The minimum absolute atomic E-state index is 0.540. The van der Waals surface area contributed by atoms with Crippen LogP contribution in [0.2, 0.25) is 5.02 Å². The van der Waals surface area contributed by atoms with Crippen LogP contribution in [0.15, 0.2) is 30.3 Å². The fraction of sp³-hybridized carbons (Fsp3) is 0.368. The van der Waals surface area contributed by atoms with Gasteiger partial charge in [-0.25, -0.2) is 0 Å². The van der Waals surface area contributed by atoms with Crippen LogP contribution in [0.25, 0.3) is 0 Å². The molecule has 0 saturated heterocycles. The minimum Gasteiger partial charge on any atom is -0.493 e. The summed E-state index contributed by atoms with van der Waals surface area (Å²) in [4.78, 5) is 0. The molecule has 2 aromatic rings. The first-order chi connectivity index (χ1) is 12.1. The molecule has 0 bridgehead atoms. The van der Waals surface area contributed by atoms with E-state index in [1.807, 2.05) is 30.3 Å². The Hall–Kier alpha value is -2.11. The second-order valence-corrected chi connectivity index (χ2v) is 5.84. The monoisotopic (exact) mass is 365 g/mol.